The predicted molar refractivity (Wildman–Crippen MR) is 158 cm³/mol. The highest BCUT2D eigenvalue weighted by Crippen LogP contribution is 2.32. The van der Waals surface area contributed by atoms with Crippen LogP contribution in [0, 0.1) is 0 Å². The molecule has 0 unspecified atom stereocenters. The van der Waals surface area contributed by atoms with Crippen molar-refractivity contribution in [2.24, 2.45) is 0 Å². The van der Waals surface area contributed by atoms with E-state index in [0.29, 0.717) is 35.1 Å². The van der Waals surface area contributed by atoms with Gasteiger partial charge in [0.25, 0.3) is 11.8 Å². The second-order valence-corrected chi connectivity index (χ2v) is 10.1. The first-order valence-corrected chi connectivity index (χ1v) is 13.5. The zero-order valence-electron chi connectivity index (χ0n) is 23.3. The highest BCUT2D eigenvalue weighted by Gasteiger charge is 2.22. The van der Waals surface area contributed by atoms with Gasteiger partial charge in [0.1, 0.15) is 23.8 Å². The summed E-state index contributed by atoms with van der Waals surface area (Å²) in [6.07, 6.45) is 1.58. The molecule has 0 atom stereocenters. The summed E-state index contributed by atoms with van der Waals surface area (Å²) >= 11 is 0. The molecule has 8 heteroatoms. The van der Waals surface area contributed by atoms with E-state index >= 15 is 0 Å². The Labute approximate surface area is 239 Å². The van der Waals surface area contributed by atoms with Crippen molar-refractivity contribution >= 4 is 23.2 Å². The Morgan fingerprint density at radius 3 is 2.22 bits per heavy atom. The lowest BCUT2D eigenvalue weighted by molar-refractivity contribution is 0.0990. The molecule has 0 aliphatic carbocycles. The molecular formula is C33H32N4O4. The molecule has 0 aliphatic rings. The van der Waals surface area contributed by atoms with Crippen LogP contribution in [0.1, 0.15) is 58.7 Å². The smallest absolute Gasteiger partial charge is 0.291 e. The molecule has 0 fully saturated rings. The fraction of sp³-hybridized carbons (Fsp3) is 0.182. The van der Waals surface area contributed by atoms with Crippen molar-refractivity contribution in [1.82, 2.24) is 9.78 Å². The molecule has 0 spiro atoms. The summed E-state index contributed by atoms with van der Waals surface area (Å²) in [7, 11) is 0. The van der Waals surface area contributed by atoms with Crippen LogP contribution in [0.25, 0.3) is 0 Å². The number of anilines is 2. The second kappa shape index (κ2) is 12.0. The third-order valence-electron chi connectivity index (χ3n) is 6.97. The number of amides is 2. The highest BCUT2D eigenvalue weighted by molar-refractivity contribution is 6.05. The van der Waals surface area contributed by atoms with E-state index in [-0.39, 0.29) is 23.7 Å². The lowest BCUT2D eigenvalue weighted by atomic mass is 9.78. The number of furan rings is 1. The van der Waals surface area contributed by atoms with E-state index in [2.05, 4.69) is 66.0 Å². The molecule has 0 saturated heterocycles. The molecule has 2 heterocycles. The summed E-state index contributed by atoms with van der Waals surface area (Å²) in [6.45, 7) is 7.08. The molecule has 208 valence electrons. The molecule has 2 amide bonds. The molecule has 41 heavy (non-hydrogen) atoms. The van der Waals surface area contributed by atoms with Crippen LogP contribution >= 0.6 is 0 Å². The van der Waals surface area contributed by atoms with Crippen molar-refractivity contribution in [1.29, 1.82) is 0 Å². The molecule has 3 aromatic carbocycles. The van der Waals surface area contributed by atoms with E-state index in [4.69, 9.17) is 9.15 Å². The van der Waals surface area contributed by atoms with E-state index in [9.17, 15) is 9.59 Å². The zero-order chi connectivity index (χ0) is 28.8. The average Bonchev–Trinajstić information content (AvgIpc) is 3.67. The van der Waals surface area contributed by atoms with Crippen LogP contribution < -0.4 is 15.4 Å². The van der Waals surface area contributed by atoms with Crippen molar-refractivity contribution < 1.29 is 18.7 Å². The average molecular weight is 549 g/mol. The first-order valence-electron chi connectivity index (χ1n) is 13.5. The SMILES string of the molecule is CCn1nccc1C(=O)Nc1cccc(NC(=O)c2ccc(COc3ccc(C(C)(C)c4ccccc4)cc3)o2)c1. The molecule has 2 aromatic heterocycles. The molecule has 5 aromatic rings. The second-order valence-electron chi connectivity index (χ2n) is 10.1. The Morgan fingerprint density at radius 1 is 0.829 bits per heavy atom. The van der Waals surface area contributed by atoms with E-state index < -0.39 is 5.91 Å². The number of hydrogen-bond donors (Lipinski definition) is 2. The monoisotopic (exact) mass is 548 g/mol. The minimum absolute atomic E-state index is 0.132. The molecule has 5 rings (SSSR count). The third kappa shape index (κ3) is 6.38. The number of benzene rings is 3. The van der Waals surface area contributed by atoms with Gasteiger partial charge in [0.05, 0.1) is 0 Å². The number of nitrogens with one attached hydrogen (secondary N) is 2. The molecule has 0 aliphatic heterocycles. The maximum absolute atomic E-state index is 12.8. The topological polar surface area (TPSA) is 98.4 Å². The van der Waals surface area contributed by atoms with Crippen molar-refractivity contribution in [2.75, 3.05) is 10.6 Å². The summed E-state index contributed by atoms with van der Waals surface area (Å²) in [4.78, 5) is 25.4. The third-order valence-corrected chi connectivity index (χ3v) is 6.97. The fourth-order valence-corrected chi connectivity index (χ4v) is 4.56. The van der Waals surface area contributed by atoms with Crippen LogP contribution in [0.3, 0.4) is 0 Å². The standard InChI is InChI=1S/C33H32N4O4/c1-4-37-29(19-20-34-37)31(38)35-25-11-8-12-26(21-25)36-32(39)30-18-17-28(41-30)22-40-27-15-13-24(14-16-27)33(2,3)23-9-6-5-7-10-23/h5-21H,4,22H2,1-3H3,(H,35,38)(H,36,39). The number of aryl methyl sites for hydroxylation is 1. The number of carbonyl (C=O) groups is 2. The Kier molecular flexibility index (Phi) is 8.01. The van der Waals surface area contributed by atoms with Crippen molar-refractivity contribution in [3.8, 4) is 5.75 Å². The van der Waals surface area contributed by atoms with Gasteiger partial charge in [0.2, 0.25) is 0 Å². The van der Waals surface area contributed by atoms with Gasteiger partial charge >= 0.3 is 0 Å². The first-order chi connectivity index (χ1) is 19.8. The summed E-state index contributed by atoms with van der Waals surface area (Å²) in [5.41, 5.74) is 3.82. The minimum Gasteiger partial charge on any atom is -0.486 e. The molecule has 0 radical (unpaired) electrons. The van der Waals surface area contributed by atoms with Gasteiger partial charge in [-0.3, -0.25) is 14.3 Å². The van der Waals surface area contributed by atoms with Crippen molar-refractivity contribution in [3.05, 3.63) is 132 Å². The summed E-state index contributed by atoms with van der Waals surface area (Å²) in [5, 5.41) is 9.77. The number of carbonyl (C=O) groups excluding carboxylic acids is 2. The lowest BCUT2D eigenvalue weighted by Crippen LogP contribution is -2.18. The number of aromatic nitrogens is 2. The Hall–Kier alpha value is -5.11. The van der Waals surface area contributed by atoms with Crippen LogP contribution in [0.4, 0.5) is 11.4 Å². The minimum atomic E-state index is -0.406. The lowest BCUT2D eigenvalue weighted by Gasteiger charge is -2.26. The Bertz CT molecular complexity index is 1640. The van der Waals surface area contributed by atoms with Gasteiger partial charge in [-0.05, 0) is 66.6 Å². The highest BCUT2D eigenvalue weighted by atomic mass is 16.5. The first kappa shape index (κ1) is 27.5. The number of ether oxygens (including phenoxy) is 1. The summed E-state index contributed by atoms with van der Waals surface area (Å²) < 4.78 is 13.2. The number of rotatable bonds is 10. The van der Waals surface area contributed by atoms with Crippen LogP contribution in [-0.2, 0) is 18.6 Å². The van der Waals surface area contributed by atoms with Crippen molar-refractivity contribution in [3.63, 3.8) is 0 Å². The van der Waals surface area contributed by atoms with Gasteiger partial charge in [0.15, 0.2) is 5.76 Å². The molecular weight excluding hydrogens is 516 g/mol. The van der Waals surface area contributed by atoms with Crippen LogP contribution in [0.15, 0.2) is 108 Å². The maximum Gasteiger partial charge on any atom is 0.291 e. The summed E-state index contributed by atoms with van der Waals surface area (Å²) in [5.74, 6) is 0.706. The fourth-order valence-electron chi connectivity index (χ4n) is 4.56. The molecule has 0 saturated carbocycles. The zero-order valence-corrected chi connectivity index (χ0v) is 23.3. The molecule has 8 nitrogen and oxygen atoms in total. The van der Waals surface area contributed by atoms with Gasteiger partial charge in [-0.15, -0.1) is 0 Å². The largest absolute Gasteiger partial charge is 0.486 e. The summed E-state index contributed by atoms with van der Waals surface area (Å²) in [6, 6.07) is 30.3. The van der Waals surface area contributed by atoms with Crippen LogP contribution in [0.2, 0.25) is 0 Å². The number of nitrogens with zero attached hydrogens (tertiary/aromatic N) is 2. The quantitative estimate of drug-likeness (QED) is 0.198. The van der Waals surface area contributed by atoms with Gasteiger partial charge in [0, 0.05) is 29.5 Å². The molecule has 0 bridgehead atoms. The van der Waals surface area contributed by atoms with Gasteiger partial charge in [-0.2, -0.15) is 5.10 Å². The van der Waals surface area contributed by atoms with E-state index in [1.54, 1.807) is 53.3 Å². The van der Waals surface area contributed by atoms with Crippen LogP contribution in [-0.4, -0.2) is 21.6 Å². The molecule has 2 N–H and O–H groups in total. The van der Waals surface area contributed by atoms with Gasteiger partial charge < -0.3 is 19.8 Å². The number of hydrogen-bond acceptors (Lipinski definition) is 5. The van der Waals surface area contributed by atoms with Crippen molar-refractivity contribution in [2.45, 2.75) is 39.3 Å². The maximum atomic E-state index is 12.8. The Balaban J connectivity index is 1.16. The Morgan fingerprint density at radius 2 is 1.51 bits per heavy atom. The van der Waals surface area contributed by atoms with Gasteiger partial charge in [-0.1, -0.05) is 62.4 Å². The normalized spacial score (nSPS) is 11.2. The van der Waals surface area contributed by atoms with Crippen LogP contribution in [0.5, 0.6) is 5.75 Å². The van der Waals surface area contributed by atoms with E-state index in [0.717, 1.165) is 0 Å². The van der Waals surface area contributed by atoms with E-state index in [1.165, 1.54) is 11.1 Å². The van der Waals surface area contributed by atoms with Gasteiger partial charge in [-0.25, -0.2) is 0 Å². The predicted octanol–water partition coefficient (Wildman–Crippen LogP) is 6.91. The van der Waals surface area contributed by atoms with E-state index in [1.807, 2.05) is 25.1 Å².